The molecule has 0 aliphatic heterocycles. The van der Waals surface area contributed by atoms with Crippen LogP contribution in [0.1, 0.15) is 16.5 Å². The minimum atomic E-state index is -0.386. The molecule has 0 aliphatic carbocycles. The summed E-state index contributed by atoms with van der Waals surface area (Å²) in [6.45, 7) is 0. The Hall–Kier alpha value is -1.06. The Morgan fingerprint density at radius 1 is 1.17 bits per heavy atom. The molecule has 0 fully saturated rings. The number of hydrogen-bond donors (Lipinski definition) is 0. The Kier molecular flexibility index (Phi) is 4.25. The molecule has 1 nitrogen and oxygen atoms in total. The molecule has 0 N–H and O–H groups in total. The predicted molar refractivity (Wildman–Crippen MR) is 74.8 cm³/mol. The molecule has 0 heterocycles. The van der Waals surface area contributed by atoms with Gasteiger partial charge in [0.15, 0.2) is 0 Å². The summed E-state index contributed by atoms with van der Waals surface area (Å²) >= 11 is 9.75. The molecule has 18 heavy (non-hydrogen) atoms. The van der Waals surface area contributed by atoms with Crippen molar-refractivity contribution in [1.29, 1.82) is 0 Å². The maximum absolute atomic E-state index is 13.2. The van der Waals surface area contributed by atoms with Crippen molar-refractivity contribution in [3.05, 3.63) is 63.9 Å². The predicted octanol–water partition coefficient (Wildman–Crippen LogP) is 4.93. The summed E-state index contributed by atoms with van der Waals surface area (Å²) in [5.41, 5.74) is 1.61. The second-order valence-electron chi connectivity index (χ2n) is 3.81. The lowest BCUT2D eigenvalue weighted by Gasteiger charge is -2.12. The monoisotopic (exact) mass is 328 g/mol. The van der Waals surface area contributed by atoms with Crippen LogP contribution in [0.3, 0.4) is 0 Å². The van der Waals surface area contributed by atoms with Crippen LogP contribution in [0, 0.1) is 5.82 Å². The van der Waals surface area contributed by atoms with Crippen molar-refractivity contribution in [2.75, 3.05) is 7.11 Å². The Morgan fingerprint density at radius 2 is 1.89 bits per heavy atom. The second-order valence-corrected chi connectivity index (χ2v) is 5.10. The van der Waals surface area contributed by atoms with Gasteiger partial charge in [-0.2, -0.15) is 0 Å². The van der Waals surface area contributed by atoms with E-state index in [4.69, 9.17) is 16.3 Å². The first-order valence-electron chi connectivity index (χ1n) is 5.35. The molecular formula is C14H11BrClFO. The van der Waals surface area contributed by atoms with Crippen molar-refractivity contribution in [3.63, 3.8) is 0 Å². The SMILES string of the molecule is COc1ccc(C(Cl)c2cccc(F)c2)cc1Br. The molecule has 0 saturated carbocycles. The quantitative estimate of drug-likeness (QED) is 0.726. The van der Waals surface area contributed by atoms with E-state index >= 15 is 0 Å². The summed E-state index contributed by atoms with van der Waals surface area (Å²) in [5.74, 6) is 0.451. The first kappa shape index (κ1) is 13.4. The van der Waals surface area contributed by atoms with Crippen LogP contribution in [-0.4, -0.2) is 7.11 Å². The van der Waals surface area contributed by atoms with Gasteiger partial charge in [-0.25, -0.2) is 4.39 Å². The molecule has 0 saturated heterocycles. The van der Waals surface area contributed by atoms with Gasteiger partial charge in [0.2, 0.25) is 0 Å². The summed E-state index contributed by atoms with van der Waals surface area (Å²) in [4.78, 5) is 0. The minimum absolute atomic E-state index is 0.286. The fraction of sp³-hybridized carbons (Fsp3) is 0.143. The van der Waals surface area contributed by atoms with Crippen molar-refractivity contribution in [2.24, 2.45) is 0 Å². The molecule has 2 aromatic carbocycles. The van der Waals surface area contributed by atoms with Crippen LogP contribution in [0.2, 0.25) is 0 Å². The molecule has 0 radical (unpaired) electrons. The molecule has 2 aromatic rings. The van der Waals surface area contributed by atoms with E-state index in [0.717, 1.165) is 21.3 Å². The van der Waals surface area contributed by atoms with Crippen molar-refractivity contribution in [2.45, 2.75) is 5.38 Å². The number of rotatable bonds is 3. The molecule has 4 heteroatoms. The van der Waals surface area contributed by atoms with E-state index < -0.39 is 0 Å². The van der Waals surface area contributed by atoms with E-state index in [-0.39, 0.29) is 11.2 Å². The Labute approximate surface area is 119 Å². The number of alkyl halides is 1. The molecule has 94 valence electrons. The van der Waals surface area contributed by atoms with Gasteiger partial charge in [0.05, 0.1) is 17.0 Å². The molecule has 1 atom stereocenters. The zero-order valence-electron chi connectivity index (χ0n) is 9.66. The van der Waals surface area contributed by atoms with Crippen molar-refractivity contribution >= 4 is 27.5 Å². The smallest absolute Gasteiger partial charge is 0.133 e. The highest BCUT2D eigenvalue weighted by Crippen LogP contribution is 2.34. The highest BCUT2D eigenvalue weighted by molar-refractivity contribution is 9.10. The van der Waals surface area contributed by atoms with Crippen LogP contribution in [-0.2, 0) is 0 Å². The topological polar surface area (TPSA) is 9.23 Å². The summed E-state index contributed by atoms with van der Waals surface area (Å²) < 4.78 is 19.1. The van der Waals surface area contributed by atoms with E-state index in [9.17, 15) is 4.39 Å². The Balaban J connectivity index is 2.34. The maximum Gasteiger partial charge on any atom is 0.133 e. The number of hydrogen-bond acceptors (Lipinski definition) is 1. The van der Waals surface area contributed by atoms with Gasteiger partial charge in [0.1, 0.15) is 11.6 Å². The van der Waals surface area contributed by atoms with Crippen LogP contribution in [0.15, 0.2) is 46.9 Å². The molecule has 0 aromatic heterocycles. The van der Waals surface area contributed by atoms with E-state index in [1.165, 1.54) is 12.1 Å². The highest BCUT2D eigenvalue weighted by atomic mass is 79.9. The molecule has 2 rings (SSSR count). The van der Waals surface area contributed by atoms with Crippen molar-refractivity contribution < 1.29 is 9.13 Å². The van der Waals surface area contributed by atoms with Gasteiger partial charge in [0, 0.05) is 0 Å². The zero-order chi connectivity index (χ0) is 13.1. The number of halogens is 3. The van der Waals surface area contributed by atoms with Crippen LogP contribution >= 0.6 is 27.5 Å². The van der Waals surface area contributed by atoms with Gasteiger partial charge in [0.25, 0.3) is 0 Å². The van der Waals surface area contributed by atoms with Crippen molar-refractivity contribution in [1.82, 2.24) is 0 Å². The third-order valence-electron chi connectivity index (χ3n) is 2.61. The molecule has 0 spiro atoms. The van der Waals surface area contributed by atoms with Crippen LogP contribution in [0.5, 0.6) is 5.75 Å². The summed E-state index contributed by atoms with van der Waals surface area (Å²) in [5, 5.41) is -0.386. The number of methoxy groups -OCH3 is 1. The van der Waals surface area contributed by atoms with Gasteiger partial charge in [-0.15, -0.1) is 11.6 Å². The number of benzene rings is 2. The average molecular weight is 330 g/mol. The van der Waals surface area contributed by atoms with Crippen LogP contribution in [0.25, 0.3) is 0 Å². The standard InChI is InChI=1S/C14H11BrClFO/c1-18-13-6-5-10(8-12(13)15)14(16)9-3-2-4-11(17)7-9/h2-8,14H,1H3. The molecule has 0 bridgehead atoms. The Bertz CT molecular complexity index is 559. The third-order valence-corrected chi connectivity index (χ3v) is 3.73. The van der Waals surface area contributed by atoms with Gasteiger partial charge in [-0.05, 0) is 51.3 Å². The molecule has 0 amide bonds. The largest absolute Gasteiger partial charge is 0.496 e. The summed E-state index contributed by atoms with van der Waals surface area (Å²) in [7, 11) is 1.60. The highest BCUT2D eigenvalue weighted by Gasteiger charge is 2.13. The second kappa shape index (κ2) is 5.72. The van der Waals surface area contributed by atoms with Gasteiger partial charge in [-0.3, -0.25) is 0 Å². The number of ether oxygens (including phenoxy) is 1. The fourth-order valence-electron chi connectivity index (χ4n) is 1.70. The third kappa shape index (κ3) is 2.85. The lowest BCUT2D eigenvalue weighted by atomic mass is 10.0. The lowest BCUT2D eigenvalue weighted by molar-refractivity contribution is 0.412. The first-order valence-corrected chi connectivity index (χ1v) is 6.57. The van der Waals surface area contributed by atoms with E-state index in [1.54, 1.807) is 19.2 Å². The van der Waals surface area contributed by atoms with E-state index in [1.807, 2.05) is 18.2 Å². The molecule has 1 unspecified atom stereocenters. The summed E-state index contributed by atoms with van der Waals surface area (Å²) in [6, 6.07) is 11.9. The Morgan fingerprint density at radius 3 is 2.50 bits per heavy atom. The minimum Gasteiger partial charge on any atom is -0.496 e. The molecular weight excluding hydrogens is 319 g/mol. The normalized spacial score (nSPS) is 12.2. The summed E-state index contributed by atoms with van der Waals surface area (Å²) in [6.07, 6.45) is 0. The van der Waals surface area contributed by atoms with Gasteiger partial charge < -0.3 is 4.74 Å². The molecule has 0 aliphatic rings. The zero-order valence-corrected chi connectivity index (χ0v) is 12.0. The van der Waals surface area contributed by atoms with Crippen molar-refractivity contribution in [3.8, 4) is 5.75 Å². The van der Waals surface area contributed by atoms with E-state index in [2.05, 4.69) is 15.9 Å². The first-order chi connectivity index (χ1) is 8.61. The fourth-order valence-corrected chi connectivity index (χ4v) is 2.53. The van der Waals surface area contributed by atoms with Crippen LogP contribution < -0.4 is 4.74 Å². The average Bonchev–Trinajstić information content (AvgIpc) is 2.37. The lowest BCUT2D eigenvalue weighted by Crippen LogP contribution is -1.95. The van der Waals surface area contributed by atoms with E-state index in [0.29, 0.717) is 0 Å². The maximum atomic E-state index is 13.2. The van der Waals surface area contributed by atoms with Crippen LogP contribution in [0.4, 0.5) is 4.39 Å². The van der Waals surface area contributed by atoms with Gasteiger partial charge >= 0.3 is 0 Å². The van der Waals surface area contributed by atoms with Gasteiger partial charge in [-0.1, -0.05) is 18.2 Å².